The Labute approximate surface area is 128 Å². The number of thiophene rings is 1. The average Bonchev–Trinajstić information content (AvgIpc) is 3.12. The Morgan fingerprint density at radius 1 is 1.33 bits per heavy atom. The van der Waals surface area contributed by atoms with Gasteiger partial charge >= 0.3 is 0 Å². The van der Waals surface area contributed by atoms with Gasteiger partial charge in [-0.2, -0.15) is 0 Å². The zero-order valence-corrected chi connectivity index (χ0v) is 12.8. The molecule has 1 N–H and O–H groups in total. The number of unbranched alkanes of at least 4 members (excludes halogenated alkanes) is 1. The fraction of sp³-hybridized carbons (Fsp3) is 0.235. The van der Waals surface area contributed by atoms with E-state index in [9.17, 15) is 0 Å². The zero-order valence-electron chi connectivity index (χ0n) is 12.0. The van der Waals surface area contributed by atoms with Crippen LogP contribution in [0.5, 0.6) is 0 Å². The van der Waals surface area contributed by atoms with E-state index in [0.717, 1.165) is 39.9 Å². The number of aromatic nitrogens is 2. The van der Waals surface area contributed by atoms with Gasteiger partial charge in [-0.15, -0.1) is 17.8 Å². The van der Waals surface area contributed by atoms with Crippen LogP contribution in [0.3, 0.4) is 0 Å². The highest BCUT2D eigenvalue weighted by Gasteiger charge is 2.15. The van der Waals surface area contributed by atoms with E-state index in [2.05, 4.69) is 22.6 Å². The monoisotopic (exact) mass is 295 g/mol. The molecular weight excluding hydrogens is 278 g/mol. The van der Waals surface area contributed by atoms with Gasteiger partial charge < -0.3 is 5.32 Å². The van der Waals surface area contributed by atoms with Gasteiger partial charge in [0.2, 0.25) is 0 Å². The number of pyridine rings is 1. The largest absolute Gasteiger partial charge is 0.369 e. The Balaban J connectivity index is 2.07. The highest BCUT2D eigenvalue weighted by Crippen LogP contribution is 2.33. The zero-order chi connectivity index (χ0) is 14.7. The molecule has 3 rings (SSSR count). The van der Waals surface area contributed by atoms with Crippen LogP contribution in [-0.4, -0.2) is 15.9 Å². The highest BCUT2D eigenvalue weighted by atomic mass is 32.1. The maximum Gasteiger partial charge on any atom is 0.139 e. The van der Waals surface area contributed by atoms with E-state index in [-0.39, 0.29) is 0 Å². The maximum absolute atomic E-state index is 5.47. The number of fused-ring (bicyclic) bond motifs is 1. The van der Waals surface area contributed by atoms with Gasteiger partial charge in [-0.05, 0) is 30.7 Å². The van der Waals surface area contributed by atoms with Gasteiger partial charge in [0.25, 0.3) is 0 Å². The van der Waals surface area contributed by atoms with Gasteiger partial charge in [0.15, 0.2) is 0 Å². The lowest BCUT2D eigenvalue weighted by molar-refractivity contribution is 0.830. The molecule has 0 aliphatic carbocycles. The molecule has 0 spiro atoms. The molecule has 0 aliphatic heterocycles. The van der Waals surface area contributed by atoms with E-state index < -0.39 is 0 Å². The van der Waals surface area contributed by atoms with Crippen LogP contribution in [0.15, 0.2) is 36.5 Å². The molecule has 0 bridgehead atoms. The molecule has 0 aromatic carbocycles. The molecule has 0 aliphatic rings. The second-order valence-electron chi connectivity index (χ2n) is 4.83. The molecule has 3 heterocycles. The van der Waals surface area contributed by atoms with Crippen molar-refractivity contribution in [2.75, 3.05) is 11.9 Å². The molecule has 106 valence electrons. The molecule has 3 nitrogen and oxygen atoms in total. The van der Waals surface area contributed by atoms with Crippen molar-refractivity contribution in [3.8, 4) is 22.9 Å². The van der Waals surface area contributed by atoms with Gasteiger partial charge in [0.1, 0.15) is 17.2 Å². The Morgan fingerprint density at radius 2 is 2.24 bits per heavy atom. The first-order valence-electron chi connectivity index (χ1n) is 7.11. The summed E-state index contributed by atoms with van der Waals surface area (Å²) in [6.07, 6.45) is 9.81. The number of nitrogens with one attached hydrogen (secondary N) is 1. The van der Waals surface area contributed by atoms with E-state index in [1.807, 2.05) is 36.5 Å². The van der Waals surface area contributed by atoms with E-state index >= 15 is 0 Å². The Morgan fingerprint density at radius 3 is 3.00 bits per heavy atom. The predicted octanol–water partition coefficient (Wildman–Crippen LogP) is 4.26. The molecule has 4 heteroatoms. The fourth-order valence-electron chi connectivity index (χ4n) is 2.26. The van der Waals surface area contributed by atoms with Crippen LogP contribution in [-0.2, 0) is 0 Å². The van der Waals surface area contributed by atoms with Crippen LogP contribution >= 0.6 is 11.3 Å². The second kappa shape index (κ2) is 6.02. The summed E-state index contributed by atoms with van der Waals surface area (Å²) in [5, 5.41) is 3.52. The van der Waals surface area contributed by atoms with Crippen LogP contribution in [0.4, 0.5) is 5.82 Å². The summed E-state index contributed by atoms with van der Waals surface area (Å²) in [4.78, 5) is 6.79. The normalized spacial score (nSPS) is 10.7. The number of hydrogen-bond donors (Lipinski definition) is 1. The van der Waals surface area contributed by atoms with Crippen LogP contribution in [0.1, 0.15) is 24.6 Å². The molecule has 0 radical (unpaired) electrons. The third kappa shape index (κ3) is 2.65. The summed E-state index contributed by atoms with van der Waals surface area (Å²) in [7, 11) is 0. The lowest BCUT2D eigenvalue weighted by Gasteiger charge is -2.07. The van der Waals surface area contributed by atoms with Crippen LogP contribution in [0.2, 0.25) is 0 Å². The minimum atomic E-state index is 0.932. The summed E-state index contributed by atoms with van der Waals surface area (Å²) in [5.74, 6) is 3.73. The molecule has 0 amide bonds. The maximum atomic E-state index is 5.47. The highest BCUT2D eigenvalue weighted by molar-refractivity contribution is 7.16. The Kier molecular flexibility index (Phi) is 3.94. The second-order valence-corrected chi connectivity index (χ2v) is 5.91. The number of rotatable bonds is 5. The van der Waals surface area contributed by atoms with E-state index in [1.54, 1.807) is 11.3 Å². The van der Waals surface area contributed by atoms with Gasteiger partial charge in [-0.1, -0.05) is 25.3 Å². The SMILES string of the molecule is C#Cc1ccc(-c2nc3ccccn3c2NCCCC)s1. The molecule has 0 saturated carbocycles. The molecular formula is C17H17N3S. The number of hydrogen-bond acceptors (Lipinski definition) is 3. The quantitative estimate of drug-likeness (QED) is 0.563. The molecule has 0 atom stereocenters. The summed E-state index contributed by atoms with van der Waals surface area (Å²) in [6, 6.07) is 10.1. The van der Waals surface area contributed by atoms with Gasteiger partial charge in [0.05, 0.1) is 9.75 Å². The van der Waals surface area contributed by atoms with Crippen molar-refractivity contribution < 1.29 is 0 Å². The summed E-state index contributed by atoms with van der Waals surface area (Å²) >= 11 is 1.60. The smallest absolute Gasteiger partial charge is 0.139 e. The first-order chi connectivity index (χ1) is 10.3. The number of imidazole rings is 1. The van der Waals surface area contributed by atoms with Crippen LogP contribution < -0.4 is 5.32 Å². The predicted molar refractivity (Wildman–Crippen MR) is 89.8 cm³/mol. The molecule has 3 aromatic heterocycles. The minimum Gasteiger partial charge on any atom is -0.369 e. The third-order valence-electron chi connectivity index (χ3n) is 3.33. The van der Waals surface area contributed by atoms with Crippen molar-refractivity contribution >= 4 is 22.8 Å². The number of terminal acetylenes is 1. The van der Waals surface area contributed by atoms with Gasteiger partial charge in [-0.3, -0.25) is 4.40 Å². The van der Waals surface area contributed by atoms with Crippen molar-refractivity contribution in [3.05, 3.63) is 41.4 Å². The standard InChI is InChI=1S/C17H17N3S/c1-3-5-11-18-17-16(14-10-9-13(4-2)21-14)19-15-8-6-7-12-20(15)17/h2,6-10,12,18H,3,5,11H2,1H3. The van der Waals surface area contributed by atoms with E-state index in [4.69, 9.17) is 11.4 Å². The third-order valence-corrected chi connectivity index (χ3v) is 4.36. The van der Waals surface area contributed by atoms with E-state index in [1.165, 1.54) is 6.42 Å². The van der Waals surface area contributed by atoms with Crippen LogP contribution in [0, 0.1) is 12.3 Å². The van der Waals surface area contributed by atoms with Crippen molar-refractivity contribution in [2.24, 2.45) is 0 Å². The van der Waals surface area contributed by atoms with Gasteiger partial charge in [-0.25, -0.2) is 4.98 Å². The van der Waals surface area contributed by atoms with Crippen LogP contribution in [0.25, 0.3) is 16.2 Å². The summed E-state index contributed by atoms with van der Waals surface area (Å²) < 4.78 is 2.10. The van der Waals surface area contributed by atoms with Crippen molar-refractivity contribution in [3.63, 3.8) is 0 Å². The molecule has 21 heavy (non-hydrogen) atoms. The number of anilines is 1. The number of nitrogens with zero attached hydrogens (tertiary/aromatic N) is 2. The minimum absolute atomic E-state index is 0.932. The lowest BCUT2D eigenvalue weighted by Crippen LogP contribution is -2.04. The summed E-state index contributed by atoms with van der Waals surface area (Å²) in [5.41, 5.74) is 1.92. The molecule has 0 unspecified atom stereocenters. The van der Waals surface area contributed by atoms with Gasteiger partial charge in [0, 0.05) is 12.7 Å². The first-order valence-corrected chi connectivity index (χ1v) is 7.93. The summed E-state index contributed by atoms with van der Waals surface area (Å²) in [6.45, 7) is 3.13. The first kappa shape index (κ1) is 13.7. The van der Waals surface area contributed by atoms with Crippen molar-refractivity contribution in [2.45, 2.75) is 19.8 Å². The molecule has 0 saturated heterocycles. The van der Waals surface area contributed by atoms with Crippen molar-refractivity contribution in [1.82, 2.24) is 9.38 Å². The lowest BCUT2D eigenvalue weighted by atomic mass is 10.3. The Bertz CT molecular complexity index is 792. The van der Waals surface area contributed by atoms with Crippen molar-refractivity contribution in [1.29, 1.82) is 0 Å². The topological polar surface area (TPSA) is 29.3 Å². The Hall–Kier alpha value is -2.25. The molecule has 3 aromatic rings. The van der Waals surface area contributed by atoms with E-state index in [0.29, 0.717) is 0 Å². The average molecular weight is 295 g/mol. The molecule has 0 fully saturated rings. The fourth-order valence-corrected chi connectivity index (χ4v) is 3.07.